The molecule has 0 saturated heterocycles. The summed E-state index contributed by atoms with van der Waals surface area (Å²) >= 11 is 0. The lowest BCUT2D eigenvalue weighted by Gasteiger charge is -2.34. The van der Waals surface area contributed by atoms with Crippen LogP contribution in [0.3, 0.4) is 0 Å². The van der Waals surface area contributed by atoms with E-state index < -0.39 is 40.8 Å². The van der Waals surface area contributed by atoms with Crippen molar-refractivity contribution in [1.29, 1.82) is 0 Å². The summed E-state index contributed by atoms with van der Waals surface area (Å²) in [5, 5.41) is 41.9. The first-order valence-corrected chi connectivity index (χ1v) is 17.6. The number of ether oxygens (including phenoxy) is 2. The molecule has 0 aromatic carbocycles. The Balaban J connectivity index is 3.91. The summed E-state index contributed by atoms with van der Waals surface area (Å²) in [5.74, 6) is -1.92. The zero-order chi connectivity index (χ0) is 25.3. The van der Waals surface area contributed by atoms with E-state index in [0.29, 0.717) is 13.2 Å². The smallest absolute Gasteiger partial charge is 0.317 e. The number of rotatable bonds is 22. The molecular formula is C20H44N2O9Si2. The summed E-state index contributed by atoms with van der Waals surface area (Å²) < 4.78 is 17.6. The quantitative estimate of drug-likeness (QED) is 0.0872. The van der Waals surface area contributed by atoms with Crippen LogP contribution in [-0.4, -0.2) is 114 Å². The molecule has 0 heterocycles. The molecule has 0 aliphatic carbocycles. The second-order valence-electron chi connectivity index (χ2n) is 9.34. The van der Waals surface area contributed by atoms with Crippen LogP contribution < -0.4 is 10.6 Å². The molecule has 0 spiro atoms. The van der Waals surface area contributed by atoms with Gasteiger partial charge in [-0.2, -0.15) is 0 Å². The van der Waals surface area contributed by atoms with E-state index in [1.807, 2.05) is 0 Å². The zero-order valence-corrected chi connectivity index (χ0v) is 22.5. The second kappa shape index (κ2) is 17.5. The van der Waals surface area contributed by atoms with Gasteiger partial charge in [0.2, 0.25) is 0 Å². The van der Waals surface area contributed by atoms with E-state index in [0.717, 1.165) is 24.9 Å². The summed E-state index contributed by atoms with van der Waals surface area (Å²) in [7, 11) is -3.71. The minimum Gasteiger partial charge on any atom is -0.480 e. The van der Waals surface area contributed by atoms with Gasteiger partial charge in [0.15, 0.2) is 16.6 Å². The fourth-order valence-corrected chi connectivity index (χ4v) is 12.1. The van der Waals surface area contributed by atoms with Gasteiger partial charge in [0.25, 0.3) is 0 Å². The lowest BCUT2D eigenvalue weighted by Crippen LogP contribution is -2.44. The van der Waals surface area contributed by atoms with Crippen LogP contribution in [0.15, 0.2) is 0 Å². The van der Waals surface area contributed by atoms with Gasteiger partial charge in [0.05, 0.1) is 38.5 Å². The van der Waals surface area contributed by atoms with Crippen LogP contribution in [-0.2, 0) is 23.2 Å². The lowest BCUT2D eigenvalue weighted by molar-refractivity contribution is -0.137. The van der Waals surface area contributed by atoms with Crippen molar-refractivity contribution in [2.24, 2.45) is 0 Å². The normalized spacial score (nSPS) is 14.2. The molecule has 0 aliphatic rings. The average molecular weight is 513 g/mol. The third kappa shape index (κ3) is 21.4. The molecule has 2 atom stereocenters. The Labute approximate surface area is 199 Å². The molecule has 0 aliphatic heterocycles. The maximum atomic E-state index is 10.4. The van der Waals surface area contributed by atoms with Gasteiger partial charge in [-0.25, -0.2) is 0 Å². The van der Waals surface area contributed by atoms with Gasteiger partial charge in [-0.1, -0.05) is 0 Å². The van der Waals surface area contributed by atoms with E-state index in [-0.39, 0.29) is 39.4 Å². The van der Waals surface area contributed by atoms with Crippen LogP contribution in [0, 0.1) is 0 Å². The molecule has 0 bridgehead atoms. The summed E-state index contributed by atoms with van der Waals surface area (Å²) in [6, 6.07) is 1.89. The molecule has 0 rings (SSSR count). The Morgan fingerprint density at radius 2 is 1.12 bits per heavy atom. The first kappa shape index (κ1) is 32.1. The largest absolute Gasteiger partial charge is 0.480 e. The average Bonchev–Trinajstić information content (AvgIpc) is 2.65. The first-order chi connectivity index (χ1) is 15.3. The van der Waals surface area contributed by atoms with Crippen molar-refractivity contribution in [2.45, 2.75) is 63.3 Å². The Kier molecular flexibility index (Phi) is 17.0. The molecule has 0 radical (unpaired) electrons. The van der Waals surface area contributed by atoms with Crippen molar-refractivity contribution in [2.75, 3.05) is 52.6 Å². The van der Waals surface area contributed by atoms with Crippen LogP contribution in [0.1, 0.15) is 12.8 Å². The van der Waals surface area contributed by atoms with Gasteiger partial charge >= 0.3 is 11.9 Å². The summed E-state index contributed by atoms with van der Waals surface area (Å²) in [5.41, 5.74) is 0. The van der Waals surface area contributed by atoms with Gasteiger partial charge in [-0.15, -0.1) is 0 Å². The van der Waals surface area contributed by atoms with Gasteiger partial charge in [-0.05, 0) is 51.1 Å². The van der Waals surface area contributed by atoms with Crippen molar-refractivity contribution in [1.82, 2.24) is 10.6 Å². The number of aliphatic hydroxyl groups excluding tert-OH is 2. The van der Waals surface area contributed by atoms with Crippen molar-refractivity contribution >= 4 is 28.6 Å². The molecule has 0 amide bonds. The highest BCUT2D eigenvalue weighted by molar-refractivity contribution is 6.84. The van der Waals surface area contributed by atoms with Crippen LogP contribution in [0.2, 0.25) is 38.3 Å². The van der Waals surface area contributed by atoms with Crippen LogP contribution in [0.5, 0.6) is 0 Å². The monoisotopic (exact) mass is 512 g/mol. The minimum atomic E-state index is -1.86. The fourth-order valence-electron chi connectivity index (χ4n) is 3.30. The van der Waals surface area contributed by atoms with E-state index in [2.05, 4.69) is 36.8 Å². The maximum absolute atomic E-state index is 10.4. The maximum Gasteiger partial charge on any atom is 0.317 e. The van der Waals surface area contributed by atoms with Gasteiger partial charge in [-0.3, -0.25) is 9.59 Å². The third-order valence-electron chi connectivity index (χ3n) is 4.62. The SMILES string of the molecule is C[Si](C)(CCCOCC(O)CNCC(=O)O)O[Si](C)(C)CCCOCC(O)CNCC(=O)O. The fraction of sp³-hybridized carbons (Fsp3) is 0.900. The number of hydrogen-bond acceptors (Lipinski definition) is 9. The molecule has 0 saturated carbocycles. The molecule has 0 aromatic heterocycles. The Morgan fingerprint density at radius 3 is 1.45 bits per heavy atom. The third-order valence-corrected chi connectivity index (χ3v) is 12.2. The van der Waals surface area contributed by atoms with Crippen LogP contribution in [0.4, 0.5) is 0 Å². The molecule has 13 heteroatoms. The molecule has 6 N–H and O–H groups in total. The topological polar surface area (TPSA) is 167 Å². The predicted octanol–water partition coefficient (Wildman–Crippen LogP) is 0.297. The number of carbonyl (C=O) groups is 2. The Morgan fingerprint density at radius 1 is 0.758 bits per heavy atom. The predicted molar refractivity (Wildman–Crippen MR) is 130 cm³/mol. The number of nitrogens with one attached hydrogen (secondary N) is 2. The number of carboxylic acids is 2. The Bertz CT molecular complexity index is 508. The van der Waals surface area contributed by atoms with Crippen molar-refractivity contribution in [3.8, 4) is 0 Å². The number of aliphatic carboxylic acids is 2. The highest BCUT2D eigenvalue weighted by Crippen LogP contribution is 2.23. The van der Waals surface area contributed by atoms with E-state index in [1.165, 1.54) is 0 Å². The van der Waals surface area contributed by atoms with E-state index in [4.69, 9.17) is 23.8 Å². The standard InChI is InChI=1S/C20H44N2O9Si2/c1-32(2,9-5-7-29-15-17(23)11-21-13-19(25)26)31-33(3,4)10-6-8-30-16-18(24)12-22-14-20(27)28/h17-18,21-24H,5-16H2,1-4H3,(H,25,26)(H,27,28). The number of aliphatic hydroxyl groups is 2. The molecule has 196 valence electrons. The molecule has 11 nitrogen and oxygen atoms in total. The molecule has 33 heavy (non-hydrogen) atoms. The number of hydrogen-bond donors (Lipinski definition) is 6. The van der Waals surface area contributed by atoms with Gasteiger partial charge in [0.1, 0.15) is 0 Å². The minimum absolute atomic E-state index is 0.167. The van der Waals surface area contributed by atoms with E-state index in [9.17, 15) is 19.8 Å². The lowest BCUT2D eigenvalue weighted by atomic mass is 10.4. The van der Waals surface area contributed by atoms with Crippen molar-refractivity contribution in [3.05, 3.63) is 0 Å². The van der Waals surface area contributed by atoms with Gasteiger partial charge in [0, 0.05) is 26.3 Å². The highest BCUT2D eigenvalue weighted by Gasteiger charge is 2.32. The van der Waals surface area contributed by atoms with E-state index >= 15 is 0 Å². The molecule has 0 fully saturated rings. The molecule has 2 unspecified atom stereocenters. The first-order valence-electron chi connectivity index (χ1n) is 11.4. The van der Waals surface area contributed by atoms with Crippen LogP contribution in [0.25, 0.3) is 0 Å². The molecule has 0 aromatic rings. The van der Waals surface area contributed by atoms with Gasteiger partial charge < -0.3 is 44.6 Å². The zero-order valence-electron chi connectivity index (χ0n) is 20.5. The molecular weight excluding hydrogens is 468 g/mol. The Hall–Kier alpha value is -0.906. The summed E-state index contributed by atoms with van der Waals surface area (Å²) in [6.07, 6.45) is 0.217. The van der Waals surface area contributed by atoms with Crippen molar-refractivity contribution < 1.29 is 43.6 Å². The van der Waals surface area contributed by atoms with Crippen molar-refractivity contribution in [3.63, 3.8) is 0 Å². The summed E-state index contributed by atoms with van der Waals surface area (Å²) in [6.45, 7) is 10.2. The highest BCUT2D eigenvalue weighted by atomic mass is 28.4. The number of carboxylic acid groups (broad SMARTS) is 2. The second-order valence-corrected chi connectivity index (χ2v) is 18.2. The van der Waals surface area contributed by atoms with E-state index in [1.54, 1.807) is 0 Å². The van der Waals surface area contributed by atoms with Crippen LogP contribution >= 0.6 is 0 Å². The summed E-state index contributed by atoms with van der Waals surface area (Å²) in [4.78, 5) is 20.8.